The van der Waals surface area contributed by atoms with E-state index in [4.69, 9.17) is 16.4 Å². The van der Waals surface area contributed by atoms with Crippen LogP contribution in [0.2, 0.25) is 5.02 Å². The van der Waals surface area contributed by atoms with Crippen LogP contribution in [0.5, 0.6) is 0 Å². The molecule has 0 radical (unpaired) electrons. The average molecular weight is 482 g/mol. The highest BCUT2D eigenvalue weighted by atomic mass is 35.5. The normalized spacial score (nSPS) is 25.6. The minimum atomic E-state index is -0.945. The minimum absolute atomic E-state index is 0.0456. The van der Waals surface area contributed by atoms with Crippen molar-refractivity contribution in [3.63, 3.8) is 0 Å². The topological polar surface area (TPSA) is 79.0 Å². The Hall–Kier alpha value is -2.74. The van der Waals surface area contributed by atoms with Crippen molar-refractivity contribution in [1.29, 1.82) is 0 Å². The lowest BCUT2D eigenvalue weighted by Crippen LogP contribution is -2.44. The van der Waals surface area contributed by atoms with E-state index < -0.39 is 18.1 Å². The molecule has 0 spiro atoms. The van der Waals surface area contributed by atoms with Gasteiger partial charge in [0.15, 0.2) is 6.10 Å². The van der Waals surface area contributed by atoms with Gasteiger partial charge in [-0.2, -0.15) is 5.06 Å². The maximum absolute atomic E-state index is 13.5. The van der Waals surface area contributed by atoms with Crippen LogP contribution in [0.3, 0.4) is 0 Å². The zero-order chi connectivity index (χ0) is 23.7. The van der Waals surface area contributed by atoms with Crippen molar-refractivity contribution in [2.24, 2.45) is 5.92 Å². The molecule has 8 heteroatoms. The number of benzene rings is 2. The molecule has 2 saturated heterocycles. The van der Waals surface area contributed by atoms with Gasteiger partial charge in [0.05, 0.1) is 18.5 Å². The number of nitrogens with one attached hydrogen (secondary N) is 1. The molecule has 5 rings (SSSR count). The van der Waals surface area contributed by atoms with E-state index in [1.165, 1.54) is 16.4 Å². The van der Waals surface area contributed by atoms with Crippen molar-refractivity contribution in [2.75, 3.05) is 6.54 Å². The molecule has 0 aromatic heterocycles. The molecule has 2 aromatic rings. The first-order valence-corrected chi connectivity index (χ1v) is 12.3. The number of amides is 3. The summed E-state index contributed by atoms with van der Waals surface area (Å²) < 4.78 is 0. The van der Waals surface area contributed by atoms with Crippen LogP contribution in [-0.2, 0) is 25.8 Å². The Morgan fingerprint density at radius 3 is 2.38 bits per heavy atom. The molecule has 0 bridgehead atoms. The van der Waals surface area contributed by atoms with Crippen molar-refractivity contribution in [1.82, 2.24) is 15.3 Å². The van der Waals surface area contributed by atoms with E-state index in [0.29, 0.717) is 5.02 Å². The van der Waals surface area contributed by atoms with E-state index in [1.807, 2.05) is 42.5 Å². The van der Waals surface area contributed by atoms with Crippen molar-refractivity contribution in [3.8, 4) is 0 Å². The average Bonchev–Trinajstić information content (AvgIpc) is 3.31. The van der Waals surface area contributed by atoms with Gasteiger partial charge in [-0.25, -0.2) is 0 Å². The quantitative estimate of drug-likeness (QED) is 0.637. The number of hydrogen-bond acceptors (Lipinski definition) is 5. The molecule has 1 N–H and O–H groups in total. The highest BCUT2D eigenvalue weighted by Gasteiger charge is 2.59. The number of imide groups is 1. The third kappa shape index (κ3) is 4.60. The van der Waals surface area contributed by atoms with Crippen LogP contribution in [0.25, 0.3) is 0 Å². The van der Waals surface area contributed by atoms with E-state index in [1.54, 1.807) is 12.1 Å². The van der Waals surface area contributed by atoms with E-state index in [2.05, 4.69) is 5.32 Å². The molecular weight excluding hydrogens is 454 g/mol. The molecule has 3 amide bonds. The third-order valence-corrected chi connectivity index (χ3v) is 7.20. The van der Waals surface area contributed by atoms with E-state index in [-0.39, 0.29) is 36.9 Å². The predicted octanol–water partition coefficient (Wildman–Crippen LogP) is 3.63. The lowest BCUT2D eigenvalue weighted by Gasteiger charge is -2.28. The fourth-order valence-electron chi connectivity index (χ4n) is 5.28. The molecule has 178 valence electrons. The number of likely N-dealkylation sites (tertiary alicyclic amines) is 1. The van der Waals surface area contributed by atoms with Crippen LogP contribution in [0, 0.1) is 5.92 Å². The van der Waals surface area contributed by atoms with Crippen LogP contribution >= 0.6 is 11.6 Å². The van der Waals surface area contributed by atoms with Gasteiger partial charge in [0.25, 0.3) is 5.91 Å². The number of carbonyl (C=O) groups excluding carboxylic acids is 3. The number of hydroxylamine groups is 2. The minimum Gasteiger partial charge on any atom is -0.352 e. The molecule has 1 aliphatic carbocycles. The summed E-state index contributed by atoms with van der Waals surface area (Å²) in [5.41, 5.74) is 1.65. The van der Waals surface area contributed by atoms with Gasteiger partial charge in [0.1, 0.15) is 6.54 Å². The fraction of sp³-hybridized carbons (Fsp3) is 0.423. The van der Waals surface area contributed by atoms with Crippen LogP contribution < -0.4 is 5.32 Å². The molecule has 2 aromatic carbocycles. The second-order valence-corrected chi connectivity index (χ2v) is 9.71. The molecule has 3 fully saturated rings. The van der Waals surface area contributed by atoms with Crippen molar-refractivity contribution in [2.45, 2.75) is 56.8 Å². The van der Waals surface area contributed by atoms with E-state index >= 15 is 0 Å². The second-order valence-electron chi connectivity index (χ2n) is 9.27. The van der Waals surface area contributed by atoms with E-state index in [9.17, 15) is 14.4 Å². The number of carbonyl (C=O) groups is 3. The van der Waals surface area contributed by atoms with Crippen LogP contribution in [0.4, 0.5) is 0 Å². The molecular formula is C26H28ClN3O4. The Labute approximate surface area is 204 Å². The lowest BCUT2D eigenvalue weighted by atomic mass is 9.91. The van der Waals surface area contributed by atoms with Gasteiger partial charge >= 0.3 is 0 Å². The molecule has 7 nitrogen and oxygen atoms in total. The summed E-state index contributed by atoms with van der Waals surface area (Å²) in [5.74, 6) is -1.53. The van der Waals surface area contributed by atoms with Gasteiger partial charge in [-0.3, -0.25) is 24.1 Å². The molecule has 34 heavy (non-hydrogen) atoms. The van der Waals surface area contributed by atoms with Crippen molar-refractivity contribution < 1.29 is 19.2 Å². The number of nitrogens with zero attached hydrogens (tertiary/aromatic N) is 2. The van der Waals surface area contributed by atoms with Crippen LogP contribution in [0.1, 0.15) is 49.3 Å². The van der Waals surface area contributed by atoms with Gasteiger partial charge in [0, 0.05) is 11.1 Å². The zero-order valence-electron chi connectivity index (χ0n) is 18.9. The van der Waals surface area contributed by atoms with Crippen LogP contribution in [0.15, 0.2) is 54.6 Å². The summed E-state index contributed by atoms with van der Waals surface area (Å²) in [6.45, 7) is 0.153. The first-order valence-electron chi connectivity index (χ1n) is 11.9. The van der Waals surface area contributed by atoms with Gasteiger partial charge in [-0.05, 0) is 36.1 Å². The van der Waals surface area contributed by atoms with Gasteiger partial charge in [-0.15, -0.1) is 0 Å². The third-order valence-electron chi connectivity index (χ3n) is 6.95. The Morgan fingerprint density at radius 1 is 0.971 bits per heavy atom. The fourth-order valence-corrected chi connectivity index (χ4v) is 5.41. The summed E-state index contributed by atoms with van der Waals surface area (Å²) in [7, 11) is 0. The maximum Gasteiger partial charge on any atom is 0.261 e. The summed E-state index contributed by atoms with van der Waals surface area (Å²) in [6, 6.07) is 16.1. The Balaban J connectivity index is 1.37. The van der Waals surface area contributed by atoms with Crippen molar-refractivity contribution >= 4 is 29.3 Å². The first kappa shape index (κ1) is 23.0. The summed E-state index contributed by atoms with van der Waals surface area (Å²) in [5, 5.41) is 5.17. The maximum atomic E-state index is 13.5. The standard InChI is InChI=1S/C26H28ClN3O4/c27-19-13-11-18(12-14-19)23-22-24(26(33)29(25(22)32)15-17-7-3-1-4-8-17)34-30(23)16-21(31)28-20-9-5-2-6-10-20/h1,3-4,7-8,11-14,20,22-24H,2,5-6,9-10,15-16H2,(H,28,31). The molecule has 1 saturated carbocycles. The first-order chi connectivity index (χ1) is 16.5. The SMILES string of the molecule is O=C(CN1OC2C(=O)N(Cc3ccccc3)C(=O)C2C1c1ccc(Cl)cc1)NC1CCCCC1. The number of fused-ring (bicyclic) bond motifs is 1. The highest BCUT2D eigenvalue weighted by Crippen LogP contribution is 2.45. The number of rotatable bonds is 6. The zero-order valence-corrected chi connectivity index (χ0v) is 19.6. The molecule has 3 atom stereocenters. The van der Waals surface area contributed by atoms with Gasteiger partial charge in [0.2, 0.25) is 11.8 Å². The summed E-state index contributed by atoms with van der Waals surface area (Å²) in [4.78, 5) is 46.8. The highest BCUT2D eigenvalue weighted by molar-refractivity contribution is 6.30. The molecule has 3 unspecified atom stereocenters. The predicted molar refractivity (Wildman–Crippen MR) is 126 cm³/mol. The van der Waals surface area contributed by atoms with Crippen LogP contribution in [-0.4, -0.2) is 46.4 Å². The molecule has 2 heterocycles. The smallest absolute Gasteiger partial charge is 0.261 e. The Morgan fingerprint density at radius 2 is 1.68 bits per heavy atom. The Kier molecular flexibility index (Phi) is 6.68. The van der Waals surface area contributed by atoms with Crippen molar-refractivity contribution in [3.05, 3.63) is 70.7 Å². The number of hydrogen-bond donors (Lipinski definition) is 1. The van der Waals surface area contributed by atoms with E-state index in [0.717, 1.165) is 36.8 Å². The molecule has 3 aliphatic rings. The molecule has 2 aliphatic heterocycles. The summed E-state index contributed by atoms with van der Waals surface area (Å²) >= 11 is 6.09. The summed E-state index contributed by atoms with van der Waals surface area (Å²) in [6.07, 6.45) is 4.44. The van der Waals surface area contributed by atoms with Gasteiger partial charge < -0.3 is 5.32 Å². The lowest BCUT2D eigenvalue weighted by molar-refractivity contribution is -0.183. The number of halogens is 1. The Bertz CT molecular complexity index is 1060. The monoisotopic (exact) mass is 481 g/mol. The largest absolute Gasteiger partial charge is 0.352 e. The van der Waals surface area contributed by atoms with Gasteiger partial charge in [-0.1, -0.05) is 73.3 Å². The second kappa shape index (κ2) is 9.86.